The standard InChI is InChI=1S/C25H28N5Si/c1-29(2)19-11-13-21-23(15-19)31(5,6)24-16-20(30(3)4)12-14-22(24)25(21)17-7-9-18(10-8-17)27-28-26/h7-16H,1-6H3/q+1. The van der Waals surface area contributed by atoms with E-state index in [2.05, 4.69) is 109 Å². The second-order valence-electron chi connectivity index (χ2n) is 8.98. The van der Waals surface area contributed by atoms with Crippen molar-refractivity contribution >= 4 is 35.9 Å². The predicted octanol–water partition coefficient (Wildman–Crippen LogP) is 5.17. The molecule has 0 saturated heterocycles. The van der Waals surface area contributed by atoms with Gasteiger partial charge in [0.1, 0.15) is 22.2 Å². The molecule has 0 unspecified atom stereocenters. The summed E-state index contributed by atoms with van der Waals surface area (Å²) in [6.07, 6.45) is 6.86. The number of hydrogen-bond donors (Lipinski definition) is 0. The molecule has 0 bridgehead atoms. The molecule has 0 N–H and O–H groups in total. The molecule has 0 aromatic heterocycles. The van der Waals surface area contributed by atoms with Crippen LogP contribution < -0.4 is 10.1 Å². The zero-order valence-corrected chi connectivity index (χ0v) is 20.0. The first kappa shape index (κ1) is 20.9. The van der Waals surface area contributed by atoms with Crippen LogP contribution in [0.4, 0.5) is 11.4 Å². The smallest absolute Gasteiger partial charge is 0.199 e. The Bertz CT molecular complexity index is 1230. The first-order valence-electron chi connectivity index (χ1n) is 10.4. The summed E-state index contributed by atoms with van der Waals surface area (Å²) in [6, 6.07) is 14.8. The van der Waals surface area contributed by atoms with E-state index in [1.54, 1.807) is 0 Å². The van der Waals surface area contributed by atoms with Gasteiger partial charge in [-0.2, -0.15) is 0 Å². The van der Waals surface area contributed by atoms with Crippen molar-refractivity contribution in [3.05, 3.63) is 93.0 Å². The maximum atomic E-state index is 8.75. The lowest BCUT2D eigenvalue weighted by Crippen LogP contribution is -2.49. The van der Waals surface area contributed by atoms with E-state index >= 15 is 0 Å². The van der Waals surface area contributed by atoms with Gasteiger partial charge in [0, 0.05) is 42.5 Å². The van der Waals surface area contributed by atoms with Gasteiger partial charge in [-0.15, -0.1) is 0 Å². The fourth-order valence-electron chi connectivity index (χ4n) is 4.44. The van der Waals surface area contributed by atoms with Crippen molar-refractivity contribution in [2.24, 2.45) is 5.11 Å². The van der Waals surface area contributed by atoms with Crippen LogP contribution in [0.25, 0.3) is 16.0 Å². The van der Waals surface area contributed by atoms with Crippen molar-refractivity contribution < 1.29 is 4.58 Å². The number of azide groups is 1. The van der Waals surface area contributed by atoms with E-state index in [0.717, 1.165) is 5.56 Å². The summed E-state index contributed by atoms with van der Waals surface area (Å²) < 4.78 is 2.17. The van der Waals surface area contributed by atoms with Gasteiger partial charge in [0.25, 0.3) is 0 Å². The molecule has 0 atom stereocenters. The van der Waals surface area contributed by atoms with Gasteiger partial charge in [0.05, 0.1) is 0 Å². The minimum Gasteiger partial charge on any atom is -0.378 e. The third-order valence-corrected chi connectivity index (χ3v) is 9.76. The number of fused-ring (bicyclic) bond motifs is 2. The van der Waals surface area contributed by atoms with Crippen molar-refractivity contribution in [1.82, 2.24) is 0 Å². The van der Waals surface area contributed by atoms with E-state index in [9.17, 15) is 0 Å². The van der Waals surface area contributed by atoms with Crippen LogP contribution in [0.2, 0.25) is 13.1 Å². The molecule has 0 radical (unpaired) electrons. The van der Waals surface area contributed by atoms with Crippen molar-refractivity contribution in [2.75, 3.05) is 33.1 Å². The van der Waals surface area contributed by atoms with E-state index in [1.807, 2.05) is 12.1 Å². The van der Waals surface area contributed by atoms with Crippen molar-refractivity contribution in [3.63, 3.8) is 0 Å². The van der Waals surface area contributed by atoms with Crippen LogP contribution in [0.15, 0.2) is 76.6 Å². The molecule has 2 aliphatic rings. The van der Waals surface area contributed by atoms with Gasteiger partial charge < -0.3 is 4.90 Å². The molecule has 1 aliphatic carbocycles. The SMILES string of the molecule is CN(C)c1ccc2c(c1)[Si](C)(C)C1=CC(=[N+](C)C)C=CC1=C2c1ccc(N=[N+]=[N-])cc1. The topological polar surface area (TPSA) is 55.0 Å². The Kier molecular flexibility index (Phi) is 5.21. The molecular formula is C25H28N5Si+. The third kappa shape index (κ3) is 3.54. The van der Waals surface area contributed by atoms with Crippen LogP contribution in [-0.4, -0.2) is 46.6 Å². The summed E-state index contributed by atoms with van der Waals surface area (Å²) in [6.45, 7) is 4.90. The number of nitrogens with zero attached hydrogens (tertiary/aromatic N) is 5. The highest BCUT2D eigenvalue weighted by Crippen LogP contribution is 2.42. The Balaban J connectivity index is 2.04. The number of allylic oxidation sites excluding steroid dienone is 5. The molecule has 1 heterocycles. The first-order valence-corrected chi connectivity index (χ1v) is 13.4. The van der Waals surface area contributed by atoms with Gasteiger partial charge >= 0.3 is 0 Å². The van der Waals surface area contributed by atoms with Crippen LogP contribution in [0.3, 0.4) is 0 Å². The maximum absolute atomic E-state index is 8.75. The monoisotopic (exact) mass is 426 g/mol. The lowest BCUT2D eigenvalue weighted by molar-refractivity contribution is -0.462. The molecule has 156 valence electrons. The average molecular weight is 427 g/mol. The quantitative estimate of drug-likeness (QED) is 0.219. The van der Waals surface area contributed by atoms with Gasteiger partial charge in [-0.3, -0.25) is 0 Å². The minimum atomic E-state index is -1.93. The summed E-state index contributed by atoms with van der Waals surface area (Å²) in [4.78, 5) is 5.08. The molecule has 2 aromatic carbocycles. The summed E-state index contributed by atoms with van der Waals surface area (Å²) in [7, 11) is 6.45. The molecular weight excluding hydrogens is 398 g/mol. The Morgan fingerprint density at radius 3 is 2.32 bits per heavy atom. The zero-order chi connectivity index (χ0) is 22.3. The summed E-state index contributed by atoms with van der Waals surface area (Å²) in [5.41, 5.74) is 16.8. The van der Waals surface area contributed by atoms with Gasteiger partial charge in [0.15, 0.2) is 5.71 Å². The second-order valence-corrected chi connectivity index (χ2v) is 13.3. The fourth-order valence-corrected chi connectivity index (χ4v) is 7.51. The van der Waals surface area contributed by atoms with Gasteiger partial charge in [-0.25, -0.2) is 4.58 Å². The molecule has 31 heavy (non-hydrogen) atoms. The molecule has 6 heteroatoms. The number of benzene rings is 2. The van der Waals surface area contributed by atoms with Gasteiger partial charge in [0.2, 0.25) is 0 Å². The highest BCUT2D eigenvalue weighted by molar-refractivity contribution is 6.98. The van der Waals surface area contributed by atoms with Crippen molar-refractivity contribution in [1.29, 1.82) is 0 Å². The van der Waals surface area contributed by atoms with E-state index in [4.69, 9.17) is 5.53 Å². The van der Waals surface area contributed by atoms with Crippen molar-refractivity contribution in [3.8, 4) is 0 Å². The normalized spacial score (nSPS) is 16.2. The molecule has 1 aliphatic heterocycles. The summed E-state index contributed by atoms with van der Waals surface area (Å²) in [5, 5.41) is 6.64. The van der Waals surface area contributed by atoms with Crippen LogP contribution >= 0.6 is 0 Å². The Morgan fingerprint density at radius 2 is 1.71 bits per heavy atom. The van der Waals surface area contributed by atoms with Crippen LogP contribution in [0.1, 0.15) is 11.1 Å². The lowest BCUT2D eigenvalue weighted by atomic mass is 9.89. The van der Waals surface area contributed by atoms with E-state index in [0.29, 0.717) is 5.69 Å². The number of anilines is 1. The highest BCUT2D eigenvalue weighted by Gasteiger charge is 2.40. The highest BCUT2D eigenvalue weighted by atomic mass is 28.3. The molecule has 0 saturated carbocycles. The van der Waals surface area contributed by atoms with E-state index in [1.165, 1.54) is 38.5 Å². The molecule has 5 nitrogen and oxygen atoms in total. The molecule has 2 aromatic rings. The van der Waals surface area contributed by atoms with E-state index in [-0.39, 0.29) is 0 Å². The predicted molar refractivity (Wildman–Crippen MR) is 133 cm³/mol. The van der Waals surface area contributed by atoms with Crippen LogP contribution in [-0.2, 0) is 0 Å². The number of rotatable bonds is 3. The van der Waals surface area contributed by atoms with Gasteiger partial charge in [-0.1, -0.05) is 48.5 Å². The second kappa shape index (κ2) is 7.73. The largest absolute Gasteiger partial charge is 0.378 e. The third-order valence-electron chi connectivity index (χ3n) is 6.24. The Morgan fingerprint density at radius 1 is 1.00 bits per heavy atom. The lowest BCUT2D eigenvalue weighted by Gasteiger charge is -2.38. The average Bonchev–Trinajstić information content (AvgIpc) is 2.74. The molecule has 4 rings (SSSR count). The minimum absolute atomic E-state index is 0.628. The number of hydrogen-bond acceptors (Lipinski definition) is 2. The summed E-state index contributed by atoms with van der Waals surface area (Å²) >= 11 is 0. The van der Waals surface area contributed by atoms with E-state index < -0.39 is 8.07 Å². The Hall–Kier alpha value is -3.34. The first-order chi connectivity index (χ1) is 14.7. The van der Waals surface area contributed by atoms with Crippen LogP contribution in [0, 0.1) is 0 Å². The Labute approximate surface area is 185 Å². The van der Waals surface area contributed by atoms with Gasteiger partial charge in [-0.05, 0) is 56.4 Å². The zero-order valence-electron chi connectivity index (χ0n) is 19.0. The molecule has 0 amide bonds. The molecule has 0 spiro atoms. The summed E-state index contributed by atoms with van der Waals surface area (Å²) in [5.74, 6) is 0. The van der Waals surface area contributed by atoms with Crippen molar-refractivity contribution in [2.45, 2.75) is 13.1 Å². The maximum Gasteiger partial charge on any atom is 0.199 e. The van der Waals surface area contributed by atoms with Crippen LogP contribution in [0.5, 0.6) is 0 Å². The fraction of sp³-hybridized carbons (Fsp3) is 0.240. The molecule has 0 fully saturated rings.